The zero-order chi connectivity index (χ0) is 17.3. The lowest BCUT2D eigenvalue weighted by Crippen LogP contribution is -2.38. The highest BCUT2D eigenvalue weighted by Crippen LogP contribution is 2.35. The largest absolute Gasteiger partial charge is 0.378 e. The summed E-state index contributed by atoms with van der Waals surface area (Å²) in [5, 5.41) is 12.6. The van der Waals surface area contributed by atoms with Gasteiger partial charge in [0.25, 0.3) is 0 Å². The maximum Gasteiger partial charge on any atom is 0.227 e. The second-order valence-corrected chi connectivity index (χ2v) is 7.73. The van der Waals surface area contributed by atoms with Gasteiger partial charge < -0.3 is 14.4 Å². The number of rotatable bonds is 4. The van der Waals surface area contributed by atoms with Crippen molar-refractivity contribution in [3.8, 4) is 11.4 Å². The van der Waals surface area contributed by atoms with Crippen molar-refractivity contribution in [3.05, 3.63) is 29.6 Å². The molecule has 0 radical (unpaired) electrons. The Labute approximate surface area is 156 Å². The van der Waals surface area contributed by atoms with Crippen LogP contribution in [0.1, 0.15) is 12.8 Å². The number of ether oxygens (including phenoxy) is 2. The molecule has 0 saturated carbocycles. The third-order valence-corrected chi connectivity index (χ3v) is 6.12. The Morgan fingerprint density at radius 2 is 2.00 bits per heavy atom. The number of hydrogen-bond acceptors (Lipinski definition) is 6. The summed E-state index contributed by atoms with van der Waals surface area (Å²) in [4.78, 5) is 2.28. The first kappa shape index (κ1) is 16.2. The number of nitrogens with zero attached hydrogens (tertiary/aromatic N) is 4. The Kier molecular flexibility index (Phi) is 4.36. The Balaban J connectivity index is 1.58. The fourth-order valence-electron chi connectivity index (χ4n) is 3.80. The second kappa shape index (κ2) is 6.98. The Hall–Kier alpha value is -1.96. The molecule has 2 fully saturated rings. The lowest BCUT2D eigenvalue weighted by molar-refractivity contribution is 0.0965. The van der Waals surface area contributed by atoms with Crippen LogP contribution in [-0.2, 0) is 16.0 Å². The van der Waals surface area contributed by atoms with Crippen LogP contribution in [0.15, 0.2) is 29.6 Å². The van der Waals surface area contributed by atoms with Gasteiger partial charge in [-0.1, -0.05) is 18.2 Å². The molecule has 1 unspecified atom stereocenters. The molecule has 1 atom stereocenters. The molecule has 26 heavy (non-hydrogen) atoms. The molecule has 0 amide bonds. The van der Waals surface area contributed by atoms with Crippen molar-refractivity contribution in [2.75, 3.05) is 37.8 Å². The monoisotopic (exact) mass is 370 g/mol. The van der Waals surface area contributed by atoms with E-state index in [4.69, 9.17) is 9.47 Å². The third-order valence-electron chi connectivity index (χ3n) is 5.16. The highest BCUT2D eigenvalue weighted by Gasteiger charge is 2.26. The van der Waals surface area contributed by atoms with E-state index in [0.29, 0.717) is 0 Å². The van der Waals surface area contributed by atoms with Crippen LogP contribution in [0.2, 0.25) is 0 Å². The molecular formula is C19H22N4O2S. The zero-order valence-corrected chi connectivity index (χ0v) is 15.5. The van der Waals surface area contributed by atoms with Crippen LogP contribution in [0.3, 0.4) is 0 Å². The van der Waals surface area contributed by atoms with Crippen LogP contribution >= 0.6 is 11.3 Å². The quantitative estimate of drug-likeness (QED) is 0.706. The lowest BCUT2D eigenvalue weighted by Gasteiger charge is -2.28. The van der Waals surface area contributed by atoms with E-state index < -0.39 is 0 Å². The Morgan fingerprint density at radius 1 is 1.12 bits per heavy atom. The van der Waals surface area contributed by atoms with Gasteiger partial charge in [0.05, 0.1) is 25.9 Å². The minimum atomic E-state index is 0.245. The first-order valence-corrected chi connectivity index (χ1v) is 10.1. The molecule has 136 valence electrons. The number of morpholine rings is 1. The van der Waals surface area contributed by atoms with E-state index in [0.717, 1.165) is 69.6 Å². The van der Waals surface area contributed by atoms with E-state index >= 15 is 0 Å². The molecule has 0 spiro atoms. The standard InChI is InChI=1S/C19H22N4O2S/c1-2-6-17-15(5-1)16(13-26-17)18-20-21-19(22-7-10-24-11-8-22)23(18)12-14-4-3-9-25-14/h1-2,5-6,13-14H,3-4,7-12H2. The van der Waals surface area contributed by atoms with Gasteiger partial charge in [0, 0.05) is 40.7 Å². The fraction of sp³-hybridized carbons (Fsp3) is 0.474. The first-order valence-electron chi connectivity index (χ1n) is 9.24. The molecule has 4 heterocycles. The van der Waals surface area contributed by atoms with Crippen LogP contribution in [0.5, 0.6) is 0 Å². The molecule has 6 nitrogen and oxygen atoms in total. The molecule has 2 saturated heterocycles. The van der Waals surface area contributed by atoms with Gasteiger partial charge in [0.1, 0.15) is 0 Å². The molecule has 5 rings (SSSR count). The predicted molar refractivity (Wildman–Crippen MR) is 103 cm³/mol. The molecule has 3 aromatic rings. The summed E-state index contributed by atoms with van der Waals surface area (Å²) in [5.74, 6) is 1.88. The van der Waals surface area contributed by atoms with Crippen molar-refractivity contribution in [2.45, 2.75) is 25.5 Å². The molecular weight excluding hydrogens is 348 g/mol. The van der Waals surface area contributed by atoms with Gasteiger partial charge >= 0.3 is 0 Å². The summed E-state index contributed by atoms with van der Waals surface area (Å²) in [5.41, 5.74) is 1.16. The number of benzene rings is 1. The second-order valence-electron chi connectivity index (χ2n) is 6.81. The van der Waals surface area contributed by atoms with Crippen LogP contribution in [0, 0.1) is 0 Å². The Bertz CT molecular complexity index is 894. The van der Waals surface area contributed by atoms with E-state index in [-0.39, 0.29) is 6.10 Å². The smallest absolute Gasteiger partial charge is 0.227 e. The molecule has 2 aromatic heterocycles. The highest BCUT2D eigenvalue weighted by molar-refractivity contribution is 7.17. The van der Waals surface area contributed by atoms with Crippen LogP contribution in [0.4, 0.5) is 5.95 Å². The van der Waals surface area contributed by atoms with Gasteiger partial charge in [-0.3, -0.25) is 4.57 Å². The lowest BCUT2D eigenvalue weighted by atomic mass is 10.1. The number of fused-ring (bicyclic) bond motifs is 1. The molecule has 2 aliphatic heterocycles. The molecule has 2 aliphatic rings. The van der Waals surface area contributed by atoms with Crippen molar-refractivity contribution in [1.29, 1.82) is 0 Å². The van der Waals surface area contributed by atoms with Crippen LogP contribution in [0.25, 0.3) is 21.5 Å². The van der Waals surface area contributed by atoms with Crippen LogP contribution in [-0.4, -0.2) is 53.8 Å². The summed E-state index contributed by atoms with van der Waals surface area (Å²) in [6.07, 6.45) is 2.48. The third kappa shape index (κ3) is 2.90. The molecule has 0 bridgehead atoms. The van der Waals surface area contributed by atoms with Gasteiger partial charge in [-0.15, -0.1) is 21.5 Å². The normalized spacial score (nSPS) is 20.9. The number of aromatic nitrogens is 3. The topological polar surface area (TPSA) is 52.4 Å². The van der Waals surface area contributed by atoms with E-state index in [1.807, 2.05) is 0 Å². The number of thiophene rings is 1. The molecule has 0 N–H and O–H groups in total. The summed E-state index contributed by atoms with van der Waals surface area (Å²) >= 11 is 1.76. The number of anilines is 1. The van der Waals surface area contributed by atoms with Crippen molar-refractivity contribution in [2.24, 2.45) is 0 Å². The summed E-state index contributed by atoms with van der Waals surface area (Å²) in [6, 6.07) is 8.49. The van der Waals surface area contributed by atoms with Crippen molar-refractivity contribution in [3.63, 3.8) is 0 Å². The summed E-state index contributed by atoms with van der Waals surface area (Å²) < 4.78 is 15.0. The fourth-order valence-corrected chi connectivity index (χ4v) is 4.74. The predicted octanol–water partition coefficient (Wildman–Crippen LogP) is 3.18. The van der Waals surface area contributed by atoms with Crippen LogP contribution < -0.4 is 4.90 Å². The summed E-state index contributed by atoms with van der Waals surface area (Å²) in [7, 11) is 0. The Morgan fingerprint density at radius 3 is 2.85 bits per heavy atom. The minimum absolute atomic E-state index is 0.245. The van der Waals surface area contributed by atoms with Crippen molar-refractivity contribution >= 4 is 27.4 Å². The van der Waals surface area contributed by atoms with E-state index in [9.17, 15) is 0 Å². The average Bonchev–Trinajstić information content (AvgIpc) is 3.42. The van der Waals surface area contributed by atoms with E-state index in [2.05, 4.69) is 49.3 Å². The molecule has 0 aliphatic carbocycles. The average molecular weight is 370 g/mol. The van der Waals surface area contributed by atoms with E-state index in [1.165, 1.54) is 10.1 Å². The van der Waals surface area contributed by atoms with Gasteiger partial charge in [-0.05, 0) is 18.9 Å². The van der Waals surface area contributed by atoms with E-state index in [1.54, 1.807) is 11.3 Å². The molecule has 1 aromatic carbocycles. The van der Waals surface area contributed by atoms with Crippen molar-refractivity contribution in [1.82, 2.24) is 14.8 Å². The SMILES string of the molecule is c1ccc2c(-c3nnc(N4CCOCC4)n3CC3CCCO3)csc2c1. The zero-order valence-electron chi connectivity index (χ0n) is 14.6. The number of hydrogen-bond donors (Lipinski definition) is 0. The summed E-state index contributed by atoms with van der Waals surface area (Å²) in [6.45, 7) is 4.85. The maximum atomic E-state index is 5.91. The first-order chi connectivity index (χ1) is 12.9. The maximum absolute atomic E-state index is 5.91. The van der Waals surface area contributed by atoms with Gasteiger partial charge in [0.15, 0.2) is 5.82 Å². The minimum Gasteiger partial charge on any atom is -0.378 e. The van der Waals surface area contributed by atoms with Gasteiger partial charge in [-0.25, -0.2) is 0 Å². The molecule has 7 heteroatoms. The highest BCUT2D eigenvalue weighted by atomic mass is 32.1. The van der Waals surface area contributed by atoms with Gasteiger partial charge in [-0.2, -0.15) is 0 Å². The van der Waals surface area contributed by atoms with Crippen molar-refractivity contribution < 1.29 is 9.47 Å². The van der Waals surface area contributed by atoms with Gasteiger partial charge in [0.2, 0.25) is 5.95 Å².